The molecule has 1 saturated heterocycles. The summed E-state index contributed by atoms with van der Waals surface area (Å²) in [5.74, 6) is 0.795. The minimum atomic E-state index is -0.141. The molecule has 0 aromatic heterocycles. The van der Waals surface area contributed by atoms with Crippen molar-refractivity contribution in [1.82, 2.24) is 20.4 Å². The summed E-state index contributed by atoms with van der Waals surface area (Å²) in [5, 5.41) is 6.06. The first-order chi connectivity index (χ1) is 11.9. The minimum absolute atomic E-state index is 0.106. The van der Waals surface area contributed by atoms with Gasteiger partial charge in [-0.25, -0.2) is 4.79 Å². The van der Waals surface area contributed by atoms with Crippen LogP contribution in [0.4, 0.5) is 4.79 Å². The fourth-order valence-electron chi connectivity index (χ4n) is 3.20. The predicted molar refractivity (Wildman–Crippen MR) is 101 cm³/mol. The summed E-state index contributed by atoms with van der Waals surface area (Å²) in [6, 6.07) is 5.85. The quantitative estimate of drug-likeness (QED) is 0.826. The molecule has 0 radical (unpaired) electrons. The Morgan fingerprint density at radius 2 is 1.88 bits per heavy atom. The normalized spacial score (nSPS) is 18.4. The average Bonchev–Trinajstić information content (AvgIpc) is 2.56. The zero-order valence-electron chi connectivity index (χ0n) is 16.1. The summed E-state index contributed by atoms with van der Waals surface area (Å²) >= 11 is 0. The molecule has 1 fully saturated rings. The van der Waals surface area contributed by atoms with E-state index in [-0.39, 0.29) is 18.1 Å². The third kappa shape index (κ3) is 5.90. The number of ether oxygens (including phenoxy) is 1. The van der Waals surface area contributed by atoms with Gasteiger partial charge in [-0.3, -0.25) is 4.90 Å². The summed E-state index contributed by atoms with van der Waals surface area (Å²) in [6.07, 6.45) is 0. The number of urea groups is 1. The Morgan fingerprint density at radius 1 is 1.20 bits per heavy atom. The van der Waals surface area contributed by atoms with Gasteiger partial charge in [0.05, 0.1) is 13.2 Å². The number of nitrogens with one attached hydrogen (secondary N) is 2. The van der Waals surface area contributed by atoms with E-state index in [2.05, 4.69) is 40.5 Å². The molecule has 0 aliphatic carbocycles. The first-order valence-electron chi connectivity index (χ1n) is 9.01. The molecule has 2 amide bonds. The lowest BCUT2D eigenvalue weighted by atomic mass is 10.0. The molecule has 140 valence electrons. The third-order valence-electron chi connectivity index (χ3n) is 4.70. The summed E-state index contributed by atoms with van der Waals surface area (Å²) in [6.45, 7) is 11.2. The highest BCUT2D eigenvalue weighted by molar-refractivity contribution is 5.74. The Bertz CT molecular complexity index is 571. The molecule has 1 heterocycles. The van der Waals surface area contributed by atoms with Crippen LogP contribution < -0.4 is 15.4 Å². The van der Waals surface area contributed by atoms with Crippen LogP contribution in [0.2, 0.25) is 0 Å². The van der Waals surface area contributed by atoms with Crippen molar-refractivity contribution in [2.75, 3.05) is 46.9 Å². The lowest BCUT2D eigenvalue weighted by Gasteiger charge is -2.34. The van der Waals surface area contributed by atoms with Crippen LogP contribution in [0.1, 0.15) is 31.0 Å². The molecule has 1 aliphatic rings. The number of likely N-dealkylation sites (N-methyl/N-ethyl adjacent to an activating group) is 1. The molecule has 25 heavy (non-hydrogen) atoms. The van der Waals surface area contributed by atoms with E-state index in [1.807, 2.05) is 26.0 Å². The molecule has 0 bridgehead atoms. The average molecular weight is 348 g/mol. The number of hydrogen-bond acceptors (Lipinski definition) is 4. The van der Waals surface area contributed by atoms with Gasteiger partial charge < -0.3 is 20.3 Å². The van der Waals surface area contributed by atoms with Crippen molar-refractivity contribution in [3.63, 3.8) is 0 Å². The highest BCUT2D eigenvalue weighted by Crippen LogP contribution is 2.25. The van der Waals surface area contributed by atoms with Gasteiger partial charge >= 0.3 is 6.03 Å². The van der Waals surface area contributed by atoms with Gasteiger partial charge in [0, 0.05) is 44.3 Å². The number of piperazine rings is 1. The fourth-order valence-corrected chi connectivity index (χ4v) is 3.20. The Labute approximate surface area is 151 Å². The van der Waals surface area contributed by atoms with Crippen LogP contribution in [0.15, 0.2) is 18.2 Å². The molecule has 1 aromatic rings. The number of benzene rings is 1. The monoisotopic (exact) mass is 348 g/mol. The summed E-state index contributed by atoms with van der Waals surface area (Å²) in [7, 11) is 3.80. The Morgan fingerprint density at radius 3 is 2.52 bits per heavy atom. The predicted octanol–water partition coefficient (Wildman–Crippen LogP) is 2.00. The molecule has 6 heteroatoms. The van der Waals surface area contributed by atoms with E-state index in [0.717, 1.165) is 49.6 Å². The second-order valence-corrected chi connectivity index (χ2v) is 7.09. The van der Waals surface area contributed by atoms with E-state index >= 15 is 0 Å². The molecule has 1 aromatic carbocycles. The van der Waals surface area contributed by atoms with Crippen LogP contribution in [0.5, 0.6) is 5.75 Å². The smallest absolute Gasteiger partial charge is 0.315 e. The molecular weight excluding hydrogens is 316 g/mol. The summed E-state index contributed by atoms with van der Waals surface area (Å²) in [4.78, 5) is 17.1. The van der Waals surface area contributed by atoms with Crippen molar-refractivity contribution in [3.8, 4) is 5.75 Å². The number of carbonyl (C=O) groups is 1. The number of amides is 2. The van der Waals surface area contributed by atoms with Gasteiger partial charge in [0.2, 0.25) is 0 Å². The number of hydrogen-bond donors (Lipinski definition) is 2. The number of rotatable bonds is 6. The van der Waals surface area contributed by atoms with E-state index in [1.165, 1.54) is 0 Å². The first kappa shape index (κ1) is 19.5. The zero-order chi connectivity index (χ0) is 18.4. The maximum absolute atomic E-state index is 12.3. The summed E-state index contributed by atoms with van der Waals surface area (Å²) in [5.41, 5.74) is 2.14. The summed E-state index contributed by atoms with van der Waals surface area (Å²) < 4.78 is 5.41. The Kier molecular flexibility index (Phi) is 7.08. The maximum Gasteiger partial charge on any atom is 0.315 e. The highest BCUT2D eigenvalue weighted by atomic mass is 16.5. The van der Waals surface area contributed by atoms with E-state index < -0.39 is 0 Å². The van der Waals surface area contributed by atoms with Gasteiger partial charge in [-0.15, -0.1) is 0 Å². The first-order valence-corrected chi connectivity index (χ1v) is 9.01. The molecule has 2 atom stereocenters. The van der Waals surface area contributed by atoms with Crippen molar-refractivity contribution in [1.29, 1.82) is 0 Å². The van der Waals surface area contributed by atoms with Gasteiger partial charge in [0.1, 0.15) is 5.75 Å². The molecule has 0 unspecified atom stereocenters. The maximum atomic E-state index is 12.3. The number of aryl methyl sites for hydroxylation is 1. The van der Waals surface area contributed by atoms with E-state index in [0.29, 0.717) is 0 Å². The zero-order valence-corrected chi connectivity index (χ0v) is 16.1. The molecule has 1 aliphatic heterocycles. The lowest BCUT2D eigenvalue weighted by molar-refractivity contribution is 0.144. The highest BCUT2D eigenvalue weighted by Gasteiger charge is 2.19. The third-order valence-corrected chi connectivity index (χ3v) is 4.70. The SMILES string of the molecule is COc1ccc(C)cc1[C@H](C)NC(=O)N[C@@H](C)CN1CCN(C)CC1. The van der Waals surface area contributed by atoms with Crippen LogP contribution in [-0.2, 0) is 0 Å². The molecule has 2 rings (SSSR count). The number of carbonyl (C=O) groups excluding carboxylic acids is 1. The van der Waals surface area contributed by atoms with Gasteiger partial charge in [0.15, 0.2) is 0 Å². The number of methoxy groups -OCH3 is 1. The Balaban J connectivity index is 1.84. The van der Waals surface area contributed by atoms with Crippen molar-refractivity contribution >= 4 is 6.03 Å². The van der Waals surface area contributed by atoms with Crippen molar-refractivity contribution in [3.05, 3.63) is 29.3 Å². The van der Waals surface area contributed by atoms with E-state index in [4.69, 9.17) is 4.74 Å². The van der Waals surface area contributed by atoms with E-state index in [1.54, 1.807) is 7.11 Å². The van der Waals surface area contributed by atoms with E-state index in [9.17, 15) is 4.79 Å². The molecule has 2 N–H and O–H groups in total. The van der Waals surface area contributed by atoms with Gasteiger partial charge in [-0.1, -0.05) is 17.7 Å². The van der Waals surface area contributed by atoms with Crippen LogP contribution in [0.25, 0.3) is 0 Å². The van der Waals surface area contributed by atoms with Crippen LogP contribution in [0.3, 0.4) is 0 Å². The van der Waals surface area contributed by atoms with Gasteiger partial charge in [0.25, 0.3) is 0 Å². The molecular formula is C19H32N4O2. The van der Waals surface area contributed by atoms with Crippen molar-refractivity contribution in [2.24, 2.45) is 0 Å². The molecule has 6 nitrogen and oxygen atoms in total. The number of nitrogens with zero attached hydrogens (tertiary/aromatic N) is 2. The standard InChI is InChI=1S/C19H32N4O2/c1-14-6-7-18(25-5)17(12-14)16(3)21-19(24)20-15(2)13-23-10-8-22(4)9-11-23/h6-7,12,15-16H,8-11,13H2,1-5H3,(H2,20,21,24)/t15-,16-/m0/s1. The van der Waals surface area contributed by atoms with Crippen LogP contribution in [0, 0.1) is 6.92 Å². The topological polar surface area (TPSA) is 56.8 Å². The van der Waals surface area contributed by atoms with Crippen molar-refractivity contribution < 1.29 is 9.53 Å². The molecule has 0 spiro atoms. The van der Waals surface area contributed by atoms with Crippen molar-refractivity contribution in [2.45, 2.75) is 32.9 Å². The minimum Gasteiger partial charge on any atom is -0.496 e. The largest absolute Gasteiger partial charge is 0.496 e. The molecule has 0 saturated carbocycles. The van der Waals surface area contributed by atoms with Gasteiger partial charge in [-0.2, -0.15) is 0 Å². The van der Waals surface area contributed by atoms with Crippen LogP contribution >= 0.6 is 0 Å². The Hall–Kier alpha value is -1.79. The fraction of sp³-hybridized carbons (Fsp3) is 0.632. The lowest BCUT2D eigenvalue weighted by Crippen LogP contribution is -2.51. The second-order valence-electron chi connectivity index (χ2n) is 7.09. The van der Waals surface area contributed by atoms with Gasteiger partial charge in [-0.05, 0) is 33.9 Å². The second kappa shape index (κ2) is 9.06. The van der Waals surface area contributed by atoms with Crippen LogP contribution in [-0.4, -0.2) is 68.8 Å².